The van der Waals surface area contributed by atoms with Gasteiger partial charge in [-0.3, -0.25) is 0 Å². The monoisotopic (exact) mass is 262 g/mol. The number of hydrogen-bond donors (Lipinski definition) is 2. The molecule has 0 saturated carbocycles. The first-order valence-electron chi connectivity index (χ1n) is 5.70. The van der Waals surface area contributed by atoms with E-state index in [9.17, 15) is 9.90 Å². The van der Waals surface area contributed by atoms with E-state index in [4.69, 9.17) is 9.84 Å². The molecule has 0 bridgehead atoms. The van der Waals surface area contributed by atoms with Crippen LogP contribution in [0.5, 0.6) is 6.01 Å². The zero-order valence-electron chi connectivity index (χ0n) is 10.6. The second kappa shape index (κ2) is 4.81. The molecule has 6 heteroatoms. The summed E-state index contributed by atoms with van der Waals surface area (Å²) in [4.78, 5) is 18.9. The van der Waals surface area contributed by atoms with Gasteiger partial charge in [-0.25, -0.2) is 9.78 Å². The van der Waals surface area contributed by atoms with Crippen molar-refractivity contribution in [3.05, 3.63) is 30.0 Å². The van der Waals surface area contributed by atoms with Crippen LogP contribution in [0.4, 0.5) is 0 Å². The molecule has 0 amide bonds. The van der Waals surface area contributed by atoms with Gasteiger partial charge in [-0.05, 0) is 32.0 Å². The fraction of sp³-hybridized carbons (Fsp3) is 0.308. The molecule has 1 aromatic heterocycles. The Morgan fingerprint density at radius 3 is 2.79 bits per heavy atom. The predicted octanol–water partition coefficient (Wildman–Crippen LogP) is 1.48. The summed E-state index contributed by atoms with van der Waals surface area (Å²) < 4.78 is 5.27. The molecule has 19 heavy (non-hydrogen) atoms. The van der Waals surface area contributed by atoms with E-state index in [2.05, 4.69) is 9.97 Å². The molecular weight excluding hydrogens is 248 g/mol. The van der Waals surface area contributed by atoms with Crippen molar-refractivity contribution in [2.45, 2.75) is 19.4 Å². The highest BCUT2D eigenvalue weighted by Crippen LogP contribution is 2.16. The first kappa shape index (κ1) is 13.2. The van der Waals surface area contributed by atoms with Crippen LogP contribution >= 0.6 is 0 Å². The van der Waals surface area contributed by atoms with Crippen molar-refractivity contribution in [3.63, 3.8) is 0 Å². The Labute approximate surface area is 109 Å². The summed E-state index contributed by atoms with van der Waals surface area (Å²) in [5.41, 5.74) is -0.196. The van der Waals surface area contributed by atoms with Crippen LogP contribution in [0.3, 0.4) is 0 Å². The Bertz CT molecular complexity index is 620. The smallest absolute Gasteiger partial charge is 0.335 e. The van der Waals surface area contributed by atoms with Gasteiger partial charge in [-0.15, -0.1) is 0 Å². The number of carbonyl (C=O) groups is 1. The first-order valence-corrected chi connectivity index (χ1v) is 5.70. The largest absolute Gasteiger partial charge is 0.478 e. The molecule has 6 nitrogen and oxygen atoms in total. The highest BCUT2D eigenvalue weighted by Gasteiger charge is 2.14. The highest BCUT2D eigenvalue weighted by molar-refractivity contribution is 5.93. The molecule has 0 atom stereocenters. The predicted molar refractivity (Wildman–Crippen MR) is 68.3 cm³/mol. The lowest BCUT2D eigenvalue weighted by molar-refractivity contribution is 0.0251. The number of nitrogens with zero attached hydrogens (tertiary/aromatic N) is 2. The van der Waals surface area contributed by atoms with E-state index in [0.29, 0.717) is 10.9 Å². The van der Waals surface area contributed by atoms with Gasteiger partial charge in [-0.1, -0.05) is 0 Å². The molecule has 0 radical (unpaired) electrons. The molecule has 1 aromatic carbocycles. The number of fused-ring (bicyclic) bond motifs is 1. The van der Waals surface area contributed by atoms with Crippen LogP contribution in [0, 0.1) is 0 Å². The van der Waals surface area contributed by atoms with E-state index in [1.807, 2.05) is 0 Å². The molecule has 2 rings (SSSR count). The number of rotatable bonds is 4. The lowest BCUT2D eigenvalue weighted by atomic mass is 10.1. The lowest BCUT2D eigenvalue weighted by Gasteiger charge is -2.16. The minimum absolute atomic E-state index is 0.0751. The molecule has 0 unspecified atom stereocenters. The second-order valence-electron chi connectivity index (χ2n) is 4.83. The van der Waals surface area contributed by atoms with Gasteiger partial charge in [0, 0.05) is 11.6 Å². The molecule has 1 heterocycles. The Kier molecular flexibility index (Phi) is 3.35. The van der Waals surface area contributed by atoms with Crippen molar-refractivity contribution in [2.24, 2.45) is 0 Å². The van der Waals surface area contributed by atoms with Gasteiger partial charge in [0.15, 0.2) is 0 Å². The Balaban J connectivity index is 2.26. The normalized spacial score (nSPS) is 11.5. The molecule has 0 aliphatic carbocycles. The molecule has 2 N–H and O–H groups in total. The maximum absolute atomic E-state index is 10.8. The second-order valence-corrected chi connectivity index (χ2v) is 4.83. The lowest BCUT2D eigenvalue weighted by Crippen LogP contribution is -2.28. The molecular formula is C13H14N2O4. The SMILES string of the molecule is CC(C)(O)COc1ncc2cc(C(=O)O)ccc2n1. The summed E-state index contributed by atoms with van der Waals surface area (Å²) in [6.07, 6.45) is 1.49. The van der Waals surface area contributed by atoms with Crippen LogP contribution in [0.15, 0.2) is 24.4 Å². The van der Waals surface area contributed by atoms with E-state index in [-0.39, 0.29) is 18.2 Å². The first-order chi connectivity index (χ1) is 8.85. The van der Waals surface area contributed by atoms with Crippen molar-refractivity contribution in [1.82, 2.24) is 9.97 Å². The Hall–Kier alpha value is -2.21. The zero-order chi connectivity index (χ0) is 14.0. The van der Waals surface area contributed by atoms with Crippen LogP contribution < -0.4 is 4.74 Å². The Morgan fingerprint density at radius 2 is 2.16 bits per heavy atom. The van der Waals surface area contributed by atoms with E-state index < -0.39 is 11.6 Å². The minimum Gasteiger partial charge on any atom is -0.478 e. The van der Waals surface area contributed by atoms with Gasteiger partial charge in [-0.2, -0.15) is 4.98 Å². The van der Waals surface area contributed by atoms with Gasteiger partial charge in [0.05, 0.1) is 16.7 Å². The number of benzene rings is 1. The molecule has 0 fully saturated rings. The topological polar surface area (TPSA) is 92.5 Å². The summed E-state index contributed by atoms with van der Waals surface area (Å²) in [5, 5.41) is 19.0. The molecule has 2 aromatic rings. The van der Waals surface area contributed by atoms with Crippen molar-refractivity contribution in [2.75, 3.05) is 6.61 Å². The summed E-state index contributed by atoms with van der Waals surface area (Å²) in [7, 11) is 0. The van der Waals surface area contributed by atoms with Gasteiger partial charge in [0.25, 0.3) is 0 Å². The number of aliphatic hydroxyl groups is 1. The third-order valence-electron chi connectivity index (χ3n) is 2.36. The quantitative estimate of drug-likeness (QED) is 0.867. The zero-order valence-corrected chi connectivity index (χ0v) is 10.6. The van der Waals surface area contributed by atoms with Crippen LogP contribution in [-0.2, 0) is 0 Å². The highest BCUT2D eigenvalue weighted by atomic mass is 16.5. The third-order valence-corrected chi connectivity index (χ3v) is 2.36. The molecule has 0 saturated heterocycles. The standard InChI is InChI=1S/C13H14N2O4/c1-13(2,18)7-19-12-14-6-9-5-8(11(16)17)3-4-10(9)15-12/h3-6,18H,7H2,1-2H3,(H,16,17). The van der Waals surface area contributed by atoms with E-state index in [1.165, 1.54) is 18.3 Å². The Morgan fingerprint density at radius 1 is 1.42 bits per heavy atom. The van der Waals surface area contributed by atoms with Gasteiger partial charge in [0.2, 0.25) is 0 Å². The summed E-state index contributed by atoms with van der Waals surface area (Å²) in [6.45, 7) is 3.31. The van der Waals surface area contributed by atoms with Crippen molar-refractivity contribution in [3.8, 4) is 6.01 Å². The number of aromatic nitrogens is 2. The third kappa shape index (κ3) is 3.38. The fourth-order valence-electron chi connectivity index (χ4n) is 1.46. The van der Waals surface area contributed by atoms with Gasteiger partial charge < -0.3 is 14.9 Å². The van der Waals surface area contributed by atoms with E-state index >= 15 is 0 Å². The summed E-state index contributed by atoms with van der Waals surface area (Å²) in [6, 6.07) is 4.71. The maximum Gasteiger partial charge on any atom is 0.335 e. The van der Waals surface area contributed by atoms with Crippen molar-refractivity contribution >= 4 is 16.9 Å². The number of aromatic carboxylic acids is 1. The van der Waals surface area contributed by atoms with Gasteiger partial charge in [0.1, 0.15) is 6.61 Å². The van der Waals surface area contributed by atoms with Crippen molar-refractivity contribution in [1.29, 1.82) is 0 Å². The molecule has 0 spiro atoms. The fourth-order valence-corrected chi connectivity index (χ4v) is 1.46. The van der Waals surface area contributed by atoms with Crippen LogP contribution in [0.1, 0.15) is 24.2 Å². The van der Waals surface area contributed by atoms with Crippen LogP contribution in [0.2, 0.25) is 0 Å². The molecule has 100 valence electrons. The number of carboxylic acid groups (broad SMARTS) is 1. The minimum atomic E-state index is -0.996. The van der Waals surface area contributed by atoms with Crippen LogP contribution in [0.25, 0.3) is 10.9 Å². The molecule has 0 aliphatic rings. The summed E-state index contributed by atoms with van der Waals surface area (Å²) in [5.74, 6) is -0.996. The summed E-state index contributed by atoms with van der Waals surface area (Å²) >= 11 is 0. The van der Waals surface area contributed by atoms with Gasteiger partial charge >= 0.3 is 12.0 Å². The number of carboxylic acids is 1. The maximum atomic E-state index is 10.8. The van der Waals surface area contributed by atoms with Crippen LogP contribution in [-0.4, -0.2) is 38.4 Å². The number of hydrogen-bond acceptors (Lipinski definition) is 5. The molecule has 0 aliphatic heterocycles. The average Bonchev–Trinajstić information content (AvgIpc) is 2.34. The number of ether oxygens (including phenoxy) is 1. The van der Waals surface area contributed by atoms with E-state index in [0.717, 1.165) is 0 Å². The average molecular weight is 262 g/mol. The van der Waals surface area contributed by atoms with E-state index in [1.54, 1.807) is 19.9 Å². The van der Waals surface area contributed by atoms with Crippen molar-refractivity contribution < 1.29 is 19.7 Å².